The quantitative estimate of drug-likeness (QED) is 0.460. The van der Waals surface area contributed by atoms with Crippen LogP contribution in [0.25, 0.3) is 0 Å². The van der Waals surface area contributed by atoms with Crippen LogP contribution in [0.3, 0.4) is 0 Å². The topological polar surface area (TPSA) is 48.6 Å². The van der Waals surface area contributed by atoms with Crippen molar-refractivity contribution >= 4 is 6.21 Å². The van der Waals surface area contributed by atoms with E-state index in [0.29, 0.717) is 5.92 Å². The molecule has 0 amide bonds. The third kappa shape index (κ3) is 4.18. The van der Waals surface area contributed by atoms with Crippen LogP contribution in [0.5, 0.6) is 0 Å². The highest BCUT2D eigenvalue weighted by Crippen LogP contribution is 2.05. The molecule has 0 heterocycles. The molecule has 3 nitrogen and oxygen atoms in total. The maximum absolute atomic E-state index is 6.79. The van der Waals surface area contributed by atoms with Crippen molar-refractivity contribution in [2.45, 2.75) is 26.3 Å². The lowest BCUT2D eigenvalue weighted by atomic mass is 10.1. The molecule has 3 heteroatoms. The van der Waals surface area contributed by atoms with Crippen molar-refractivity contribution in [2.24, 2.45) is 16.0 Å². The van der Waals surface area contributed by atoms with Crippen molar-refractivity contribution in [1.29, 1.82) is 5.53 Å². The van der Waals surface area contributed by atoms with Gasteiger partial charge in [-0.15, -0.1) is 0 Å². The summed E-state index contributed by atoms with van der Waals surface area (Å²) in [4.78, 5) is 3.82. The molecule has 1 unspecified atom stereocenters. The number of aliphatic imine (C=N–C) groups is 1. The van der Waals surface area contributed by atoms with Gasteiger partial charge in [0.1, 0.15) is 6.04 Å². The largest absolute Gasteiger partial charge is 0.299 e. The van der Waals surface area contributed by atoms with Crippen LogP contribution < -0.4 is 0 Å². The highest BCUT2D eigenvalue weighted by molar-refractivity contribution is 5.64. The normalized spacial score (nSPS) is 14.4. The monoisotopic (exact) mass is 141 g/mol. The standard InChI is InChI=1S/C7H15N3/c1-6(2)4-7(10-8)5-9-3/h5-8H,4H2,1-3H3. The van der Waals surface area contributed by atoms with Gasteiger partial charge in [0, 0.05) is 13.3 Å². The lowest BCUT2D eigenvalue weighted by molar-refractivity contribution is 0.549. The predicted molar refractivity (Wildman–Crippen MR) is 42.8 cm³/mol. The fourth-order valence-corrected chi connectivity index (χ4v) is 0.802. The van der Waals surface area contributed by atoms with Gasteiger partial charge < -0.3 is 0 Å². The number of nitrogens with one attached hydrogen (secondary N) is 1. The third-order valence-electron chi connectivity index (χ3n) is 1.20. The van der Waals surface area contributed by atoms with E-state index in [9.17, 15) is 0 Å². The molecule has 0 aromatic rings. The molecule has 0 fully saturated rings. The fraction of sp³-hybridized carbons (Fsp3) is 0.857. The average molecular weight is 141 g/mol. The van der Waals surface area contributed by atoms with Crippen LogP contribution in [0.15, 0.2) is 10.1 Å². The highest BCUT2D eigenvalue weighted by Gasteiger charge is 2.04. The summed E-state index contributed by atoms with van der Waals surface area (Å²) in [5, 5.41) is 3.42. The van der Waals surface area contributed by atoms with E-state index in [1.165, 1.54) is 0 Å². The van der Waals surface area contributed by atoms with Crippen LogP contribution in [-0.2, 0) is 0 Å². The molecule has 0 saturated heterocycles. The molecule has 0 rings (SSSR count). The molecule has 0 bridgehead atoms. The van der Waals surface area contributed by atoms with Gasteiger partial charge in [0.2, 0.25) is 0 Å². The summed E-state index contributed by atoms with van der Waals surface area (Å²) in [6.45, 7) is 4.23. The van der Waals surface area contributed by atoms with Gasteiger partial charge in [0.25, 0.3) is 0 Å². The van der Waals surface area contributed by atoms with Crippen LogP contribution in [0, 0.1) is 11.4 Å². The lowest BCUT2D eigenvalue weighted by Crippen LogP contribution is -2.08. The van der Waals surface area contributed by atoms with E-state index in [4.69, 9.17) is 5.53 Å². The second kappa shape index (κ2) is 5.09. The summed E-state index contributed by atoms with van der Waals surface area (Å²) in [6.07, 6.45) is 2.63. The second-order valence-corrected chi connectivity index (χ2v) is 2.73. The van der Waals surface area contributed by atoms with Crippen molar-refractivity contribution in [3.8, 4) is 0 Å². The Morgan fingerprint density at radius 1 is 1.50 bits per heavy atom. The Morgan fingerprint density at radius 2 is 2.10 bits per heavy atom. The maximum atomic E-state index is 6.79. The van der Waals surface area contributed by atoms with Crippen LogP contribution in [0.2, 0.25) is 0 Å². The molecule has 0 radical (unpaired) electrons. The summed E-state index contributed by atoms with van der Waals surface area (Å²) in [6, 6.07) is -0.00926. The molecule has 10 heavy (non-hydrogen) atoms. The molecule has 0 aliphatic carbocycles. The molecule has 0 aromatic carbocycles. The zero-order valence-corrected chi connectivity index (χ0v) is 6.83. The maximum Gasteiger partial charge on any atom is 0.105 e. The molecular formula is C7H15N3. The van der Waals surface area contributed by atoms with E-state index in [1.807, 2.05) is 0 Å². The molecule has 0 aromatic heterocycles. The number of hydrogen-bond acceptors (Lipinski definition) is 3. The molecule has 1 atom stereocenters. The van der Waals surface area contributed by atoms with Gasteiger partial charge in [0.15, 0.2) is 0 Å². The Bertz CT molecular complexity index is 118. The first-order valence-electron chi connectivity index (χ1n) is 3.49. The van der Waals surface area contributed by atoms with Crippen molar-refractivity contribution in [2.75, 3.05) is 7.05 Å². The molecule has 0 aliphatic heterocycles. The minimum Gasteiger partial charge on any atom is -0.299 e. The molecular weight excluding hydrogens is 126 g/mol. The van der Waals surface area contributed by atoms with Gasteiger partial charge in [-0.25, -0.2) is 5.53 Å². The SMILES string of the molecule is CN=CC(CC(C)C)N=N. The van der Waals surface area contributed by atoms with E-state index in [1.54, 1.807) is 13.3 Å². The molecule has 1 N–H and O–H groups in total. The zero-order valence-electron chi connectivity index (χ0n) is 6.83. The van der Waals surface area contributed by atoms with Gasteiger partial charge in [-0.3, -0.25) is 4.99 Å². The first kappa shape index (κ1) is 9.27. The Balaban J connectivity index is 3.71. The van der Waals surface area contributed by atoms with Crippen LogP contribution in [0.4, 0.5) is 0 Å². The third-order valence-corrected chi connectivity index (χ3v) is 1.20. The summed E-state index contributed by atoms with van der Waals surface area (Å²) >= 11 is 0. The lowest BCUT2D eigenvalue weighted by Gasteiger charge is -2.06. The van der Waals surface area contributed by atoms with Crippen molar-refractivity contribution in [1.82, 2.24) is 0 Å². The van der Waals surface area contributed by atoms with Crippen LogP contribution in [-0.4, -0.2) is 19.3 Å². The number of hydrogen-bond donors (Lipinski definition) is 1. The van der Waals surface area contributed by atoms with Crippen molar-refractivity contribution in [3.63, 3.8) is 0 Å². The first-order valence-corrected chi connectivity index (χ1v) is 3.49. The van der Waals surface area contributed by atoms with E-state index >= 15 is 0 Å². The summed E-state index contributed by atoms with van der Waals surface area (Å²) in [5.41, 5.74) is 6.79. The van der Waals surface area contributed by atoms with Gasteiger partial charge in [0.05, 0.1) is 0 Å². The van der Waals surface area contributed by atoms with Crippen LogP contribution in [0.1, 0.15) is 20.3 Å². The fourth-order valence-electron chi connectivity index (χ4n) is 0.802. The Labute approximate surface area is 62.1 Å². The molecule has 0 spiro atoms. The first-order chi connectivity index (χ1) is 4.70. The Hall–Kier alpha value is -0.730. The molecule has 0 aliphatic rings. The Morgan fingerprint density at radius 3 is 2.40 bits per heavy atom. The van der Waals surface area contributed by atoms with Gasteiger partial charge >= 0.3 is 0 Å². The van der Waals surface area contributed by atoms with E-state index < -0.39 is 0 Å². The summed E-state index contributed by atoms with van der Waals surface area (Å²) < 4.78 is 0. The summed E-state index contributed by atoms with van der Waals surface area (Å²) in [5.74, 6) is 0.581. The smallest absolute Gasteiger partial charge is 0.105 e. The molecule has 58 valence electrons. The molecule has 0 saturated carbocycles. The second-order valence-electron chi connectivity index (χ2n) is 2.73. The van der Waals surface area contributed by atoms with Crippen LogP contribution >= 0.6 is 0 Å². The van der Waals surface area contributed by atoms with Gasteiger partial charge in [-0.1, -0.05) is 13.8 Å². The van der Waals surface area contributed by atoms with Crippen molar-refractivity contribution < 1.29 is 0 Å². The van der Waals surface area contributed by atoms with E-state index in [2.05, 4.69) is 24.0 Å². The van der Waals surface area contributed by atoms with Crippen molar-refractivity contribution in [3.05, 3.63) is 0 Å². The minimum absolute atomic E-state index is 0.00926. The van der Waals surface area contributed by atoms with Gasteiger partial charge in [-0.2, -0.15) is 5.11 Å². The number of nitrogens with zero attached hydrogens (tertiary/aromatic N) is 2. The van der Waals surface area contributed by atoms with Gasteiger partial charge in [-0.05, 0) is 12.3 Å². The minimum atomic E-state index is -0.00926. The Kier molecular flexibility index (Phi) is 4.72. The zero-order chi connectivity index (χ0) is 7.98. The predicted octanol–water partition coefficient (Wildman–Crippen LogP) is 2.13. The highest BCUT2D eigenvalue weighted by atomic mass is 15.0. The summed E-state index contributed by atoms with van der Waals surface area (Å²) in [7, 11) is 1.71. The van der Waals surface area contributed by atoms with E-state index in [-0.39, 0.29) is 6.04 Å². The van der Waals surface area contributed by atoms with E-state index in [0.717, 1.165) is 6.42 Å². The number of rotatable bonds is 4. The average Bonchev–Trinajstić information content (AvgIpc) is 1.86.